The zero-order valence-corrected chi connectivity index (χ0v) is 14.0. The van der Waals surface area contributed by atoms with Crippen LogP contribution in [0.3, 0.4) is 0 Å². The van der Waals surface area contributed by atoms with Crippen LogP contribution < -0.4 is 5.32 Å². The number of hydrogen-bond donors (Lipinski definition) is 1. The third-order valence-electron chi connectivity index (χ3n) is 5.26. The maximum Gasteiger partial charge on any atom is 0.0644 e. The summed E-state index contributed by atoms with van der Waals surface area (Å²) in [5.74, 6) is 0.829. The van der Waals surface area contributed by atoms with Gasteiger partial charge in [-0.2, -0.15) is 5.10 Å². The van der Waals surface area contributed by atoms with Gasteiger partial charge in [-0.05, 0) is 66.0 Å². The van der Waals surface area contributed by atoms with Crippen LogP contribution in [0.2, 0.25) is 0 Å². The molecule has 1 saturated heterocycles. The normalized spacial score (nSPS) is 24.7. The first-order valence-corrected chi connectivity index (χ1v) is 8.61. The largest absolute Gasteiger partial charge is 0.310 e. The Kier molecular flexibility index (Phi) is 4.36. The maximum atomic E-state index is 4.64. The summed E-state index contributed by atoms with van der Waals surface area (Å²) in [6, 6.07) is 1.33. The van der Waals surface area contributed by atoms with Gasteiger partial charge in [0, 0.05) is 36.4 Å². The smallest absolute Gasteiger partial charge is 0.0644 e. The maximum absolute atomic E-state index is 4.64. The van der Waals surface area contributed by atoms with Crippen molar-refractivity contribution in [3.63, 3.8) is 0 Å². The molecule has 1 aromatic rings. The number of nitrogens with one attached hydrogen (secondary N) is 1. The van der Waals surface area contributed by atoms with Gasteiger partial charge in [0.2, 0.25) is 0 Å². The average molecular weight is 290 g/mol. The van der Waals surface area contributed by atoms with Crippen LogP contribution in [0.1, 0.15) is 56.1 Å². The monoisotopic (exact) mass is 290 g/mol. The molecule has 0 spiro atoms. The van der Waals surface area contributed by atoms with E-state index in [9.17, 15) is 0 Å². The Bertz CT molecular complexity index is 489. The minimum atomic E-state index is 0.403. The molecule has 4 heteroatoms. The average Bonchev–Trinajstić information content (AvgIpc) is 3.13. The van der Waals surface area contributed by atoms with Crippen molar-refractivity contribution in [2.24, 2.45) is 5.92 Å². The van der Waals surface area contributed by atoms with Crippen molar-refractivity contribution in [1.82, 2.24) is 20.0 Å². The second kappa shape index (κ2) is 6.09. The molecule has 1 aliphatic carbocycles. The van der Waals surface area contributed by atoms with Gasteiger partial charge in [-0.1, -0.05) is 0 Å². The summed E-state index contributed by atoms with van der Waals surface area (Å²) in [4.78, 5) is 2.70. The van der Waals surface area contributed by atoms with Crippen LogP contribution in [-0.4, -0.2) is 40.4 Å². The minimum Gasteiger partial charge on any atom is -0.310 e. The zero-order chi connectivity index (χ0) is 15.0. The highest BCUT2D eigenvalue weighted by Gasteiger charge is 2.34. The number of aryl methyl sites for hydroxylation is 2. The van der Waals surface area contributed by atoms with Gasteiger partial charge in [0.15, 0.2) is 0 Å². The first-order valence-electron chi connectivity index (χ1n) is 8.61. The SMILES string of the molecule is CCn1nc(C)c(C(C)NCC2CCN(C3CC3)C2)c1C. The molecule has 1 saturated carbocycles. The molecule has 2 atom stereocenters. The molecule has 0 radical (unpaired) electrons. The molecule has 1 aliphatic heterocycles. The number of aromatic nitrogens is 2. The summed E-state index contributed by atoms with van der Waals surface area (Å²) in [5.41, 5.74) is 3.90. The molecular weight excluding hydrogens is 260 g/mol. The van der Waals surface area contributed by atoms with Crippen LogP contribution in [-0.2, 0) is 6.54 Å². The summed E-state index contributed by atoms with van der Waals surface area (Å²) in [7, 11) is 0. The third-order valence-corrected chi connectivity index (χ3v) is 5.26. The van der Waals surface area contributed by atoms with E-state index in [4.69, 9.17) is 0 Å². The minimum absolute atomic E-state index is 0.403. The Labute approximate surface area is 128 Å². The predicted molar refractivity (Wildman–Crippen MR) is 86.5 cm³/mol. The highest BCUT2D eigenvalue weighted by atomic mass is 15.3. The predicted octanol–water partition coefficient (Wildman–Crippen LogP) is 2.65. The van der Waals surface area contributed by atoms with Crippen LogP contribution in [0.25, 0.3) is 0 Å². The highest BCUT2D eigenvalue weighted by molar-refractivity contribution is 5.27. The number of likely N-dealkylation sites (tertiary alicyclic amines) is 1. The highest BCUT2D eigenvalue weighted by Crippen LogP contribution is 2.31. The van der Waals surface area contributed by atoms with E-state index in [1.54, 1.807) is 0 Å². The Morgan fingerprint density at radius 3 is 2.67 bits per heavy atom. The molecule has 118 valence electrons. The molecule has 0 aromatic carbocycles. The van der Waals surface area contributed by atoms with E-state index in [0.29, 0.717) is 6.04 Å². The van der Waals surface area contributed by atoms with E-state index in [1.807, 2.05) is 0 Å². The van der Waals surface area contributed by atoms with Crippen LogP contribution in [0.5, 0.6) is 0 Å². The molecule has 2 unspecified atom stereocenters. The van der Waals surface area contributed by atoms with Crippen LogP contribution in [0, 0.1) is 19.8 Å². The van der Waals surface area contributed by atoms with E-state index < -0.39 is 0 Å². The fraction of sp³-hybridized carbons (Fsp3) is 0.824. The first kappa shape index (κ1) is 15.0. The van der Waals surface area contributed by atoms with Gasteiger partial charge in [0.05, 0.1) is 5.69 Å². The summed E-state index contributed by atoms with van der Waals surface area (Å²) < 4.78 is 2.12. The van der Waals surface area contributed by atoms with Crippen LogP contribution in [0.4, 0.5) is 0 Å². The molecule has 1 aromatic heterocycles. The van der Waals surface area contributed by atoms with E-state index in [0.717, 1.165) is 25.0 Å². The number of hydrogen-bond acceptors (Lipinski definition) is 3. The van der Waals surface area contributed by atoms with Gasteiger partial charge in [-0.15, -0.1) is 0 Å². The molecule has 3 rings (SSSR count). The van der Waals surface area contributed by atoms with Crippen LogP contribution in [0.15, 0.2) is 0 Å². The van der Waals surface area contributed by atoms with E-state index in [-0.39, 0.29) is 0 Å². The standard InChI is InChI=1S/C17H30N4/c1-5-21-14(4)17(13(3)19-21)12(2)18-10-15-8-9-20(11-15)16-6-7-16/h12,15-16,18H,5-11H2,1-4H3. The summed E-state index contributed by atoms with van der Waals surface area (Å²) in [5, 5.41) is 8.40. The van der Waals surface area contributed by atoms with E-state index >= 15 is 0 Å². The fourth-order valence-electron chi connectivity index (χ4n) is 3.89. The lowest BCUT2D eigenvalue weighted by Crippen LogP contribution is -2.29. The lowest BCUT2D eigenvalue weighted by Gasteiger charge is -2.19. The first-order chi connectivity index (χ1) is 10.1. The second-order valence-electron chi connectivity index (χ2n) is 6.91. The van der Waals surface area contributed by atoms with Crippen molar-refractivity contribution in [2.45, 2.75) is 65.6 Å². The Morgan fingerprint density at radius 1 is 1.29 bits per heavy atom. The number of nitrogens with zero attached hydrogens (tertiary/aromatic N) is 3. The van der Waals surface area contributed by atoms with Gasteiger partial charge < -0.3 is 10.2 Å². The van der Waals surface area contributed by atoms with Crippen molar-refractivity contribution in [3.05, 3.63) is 17.0 Å². The van der Waals surface area contributed by atoms with Gasteiger partial charge in [-0.3, -0.25) is 4.68 Å². The van der Waals surface area contributed by atoms with Crippen molar-refractivity contribution in [2.75, 3.05) is 19.6 Å². The van der Waals surface area contributed by atoms with Crippen LogP contribution >= 0.6 is 0 Å². The Balaban J connectivity index is 1.54. The van der Waals surface area contributed by atoms with Crippen molar-refractivity contribution in [3.8, 4) is 0 Å². The molecule has 0 bridgehead atoms. The molecule has 21 heavy (non-hydrogen) atoms. The molecule has 4 nitrogen and oxygen atoms in total. The topological polar surface area (TPSA) is 33.1 Å². The molecule has 2 heterocycles. The van der Waals surface area contributed by atoms with Crippen molar-refractivity contribution < 1.29 is 0 Å². The fourth-order valence-corrected chi connectivity index (χ4v) is 3.89. The summed E-state index contributed by atoms with van der Waals surface area (Å²) in [6.07, 6.45) is 4.23. The Morgan fingerprint density at radius 2 is 2.05 bits per heavy atom. The molecule has 0 amide bonds. The van der Waals surface area contributed by atoms with Gasteiger partial charge in [0.1, 0.15) is 0 Å². The molecule has 2 fully saturated rings. The molecule has 1 N–H and O–H groups in total. The quantitative estimate of drug-likeness (QED) is 0.874. The lowest BCUT2D eigenvalue weighted by atomic mass is 10.0. The zero-order valence-electron chi connectivity index (χ0n) is 14.0. The van der Waals surface area contributed by atoms with Gasteiger partial charge >= 0.3 is 0 Å². The molecular formula is C17H30N4. The van der Waals surface area contributed by atoms with Gasteiger partial charge in [-0.25, -0.2) is 0 Å². The Hall–Kier alpha value is -0.870. The van der Waals surface area contributed by atoms with E-state index in [2.05, 4.69) is 47.7 Å². The lowest BCUT2D eigenvalue weighted by molar-refractivity contribution is 0.310. The van der Waals surface area contributed by atoms with Gasteiger partial charge in [0.25, 0.3) is 0 Å². The molecule has 2 aliphatic rings. The van der Waals surface area contributed by atoms with E-state index in [1.165, 1.54) is 49.3 Å². The number of rotatable bonds is 6. The van der Waals surface area contributed by atoms with Crippen molar-refractivity contribution in [1.29, 1.82) is 0 Å². The summed E-state index contributed by atoms with van der Waals surface area (Å²) >= 11 is 0. The third kappa shape index (κ3) is 3.16. The summed E-state index contributed by atoms with van der Waals surface area (Å²) in [6.45, 7) is 13.5. The van der Waals surface area contributed by atoms with Crippen molar-refractivity contribution >= 4 is 0 Å². The second-order valence-corrected chi connectivity index (χ2v) is 6.91.